The summed E-state index contributed by atoms with van der Waals surface area (Å²) in [7, 11) is 0. The molecule has 0 aliphatic heterocycles. The molecule has 0 unspecified atom stereocenters. The van der Waals surface area contributed by atoms with Crippen molar-refractivity contribution in [3.05, 3.63) is 11.4 Å². The van der Waals surface area contributed by atoms with E-state index in [1.54, 1.807) is 0 Å². The lowest BCUT2D eigenvalue weighted by Crippen LogP contribution is -2.36. The first kappa shape index (κ1) is 13.5. The second-order valence-corrected chi connectivity index (χ2v) is 5.27. The number of aryl methyl sites for hydroxylation is 1. The van der Waals surface area contributed by atoms with Gasteiger partial charge in [-0.1, -0.05) is 24.2 Å². The molecule has 0 radical (unpaired) electrons. The van der Waals surface area contributed by atoms with E-state index in [2.05, 4.69) is 40.4 Å². The van der Waals surface area contributed by atoms with Crippen molar-refractivity contribution in [1.82, 2.24) is 15.6 Å². The summed E-state index contributed by atoms with van der Waals surface area (Å²) in [5.74, 6) is 0. The van der Waals surface area contributed by atoms with Gasteiger partial charge in [0.1, 0.15) is 11.4 Å². The van der Waals surface area contributed by atoms with Gasteiger partial charge in [-0.25, -0.2) is 4.63 Å². The lowest BCUT2D eigenvalue weighted by Gasteiger charge is -2.29. The van der Waals surface area contributed by atoms with Crippen molar-refractivity contribution in [3.63, 3.8) is 0 Å². The van der Waals surface area contributed by atoms with E-state index in [4.69, 9.17) is 0 Å². The van der Waals surface area contributed by atoms with Crippen LogP contribution in [0, 0.1) is 6.92 Å². The molecule has 0 aromatic carbocycles. The van der Waals surface area contributed by atoms with Crippen LogP contribution in [0.25, 0.3) is 0 Å². The maximum absolute atomic E-state index is 4.66. The molecule has 0 bridgehead atoms. The third-order valence-corrected chi connectivity index (χ3v) is 4.80. The summed E-state index contributed by atoms with van der Waals surface area (Å²) < 4.78 is 5.00. The van der Waals surface area contributed by atoms with E-state index in [1.165, 1.54) is 12.8 Å². The summed E-state index contributed by atoms with van der Waals surface area (Å²) in [6.45, 7) is 8.12. The maximum atomic E-state index is 4.66. The molecule has 92 valence electrons. The van der Waals surface area contributed by atoms with Gasteiger partial charge in [0.2, 0.25) is 0 Å². The molecule has 1 aromatic heterocycles. The summed E-state index contributed by atoms with van der Waals surface area (Å²) in [5, 5.41) is 11.1. The van der Waals surface area contributed by atoms with Crippen molar-refractivity contribution < 1.29 is 4.63 Å². The monoisotopic (exact) mass is 243 g/mol. The summed E-state index contributed by atoms with van der Waals surface area (Å²) in [6.07, 6.45) is 4.53. The second kappa shape index (κ2) is 6.25. The zero-order valence-electron chi connectivity index (χ0n) is 10.5. The molecule has 0 amide bonds. The van der Waals surface area contributed by atoms with Crippen molar-refractivity contribution in [2.45, 2.75) is 44.9 Å². The van der Waals surface area contributed by atoms with Gasteiger partial charge in [0.05, 0.1) is 0 Å². The number of thioether (sulfide) groups is 1. The van der Waals surface area contributed by atoms with Crippen LogP contribution >= 0.6 is 11.8 Å². The second-order valence-electron chi connectivity index (χ2n) is 3.99. The van der Waals surface area contributed by atoms with Crippen LogP contribution < -0.4 is 5.32 Å². The molecule has 0 spiro atoms. The highest BCUT2D eigenvalue weighted by Gasteiger charge is 2.24. The van der Waals surface area contributed by atoms with E-state index in [1.807, 2.05) is 18.7 Å². The summed E-state index contributed by atoms with van der Waals surface area (Å²) in [4.78, 5) is 0. The van der Waals surface area contributed by atoms with Crippen LogP contribution in [0.3, 0.4) is 0 Å². The van der Waals surface area contributed by atoms with E-state index in [0.29, 0.717) is 4.75 Å². The highest BCUT2D eigenvalue weighted by atomic mass is 32.2. The van der Waals surface area contributed by atoms with Gasteiger partial charge in [-0.15, -0.1) is 0 Å². The minimum Gasteiger partial charge on any atom is -0.310 e. The van der Waals surface area contributed by atoms with Crippen molar-refractivity contribution in [1.29, 1.82) is 0 Å². The third kappa shape index (κ3) is 3.22. The zero-order chi connectivity index (χ0) is 12.0. The van der Waals surface area contributed by atoms with E-state index in [9.17, 15) is 0 Å². The van der Waals surface area contributed by atoms with Crippen LogP contribution in [0.2, 0.25) is 0 Å². The Morgan fingerprint density at radius 1 is 1.31 bits per heavy atom. The number of hydrogen-bond acceptors (Lipinski definition) is 5. The van der Waals surface area contributed by atoms with Crippen LogP contribution in [0.15, 0.2) is 4.63 Å². The molecular weight excluding hydrogens is 222 g/mol. The van der Waals surface area contributed by atoms with Crippen LogP contribution in [0.5, 0.6) is 0 Å². The fourth-order valence-electron chi connectivity index (χ4n) is 1.68. The predicted molar refractivity (Wildman–Crippen MR) is 67.6 cm³/mol. The Morgan fingerprint density at radius 2 is 2.00 bits per heavy atom. The van der Waals surface area contributed by atoms with Gasteiger partial charge in [-0.3, -0.25) is 0 Å². The fraction of sp³-hybridized carbons (Fsp3) is 0.818. The normalized spacial score (nSPS) is 12.0. The first-order valence-corrected chi connectivity index (χ1v) is 6.94. The Labute approximate surface area is 102 Å². The fourth-order valence-corrected chi connectivity index (χ4v) is 2.50. The van der Waals surface area contributed by atoms with Crippen LogP contribution in [0.4, 0.5) is 0 Å². The minimum absolute atomic E-state index is 0.338. The minimum atomic E-state index is 0.338. The molecule has 1 N–H and O–H groups in total. The van der Waals surface area contributed by atoms with E-state index < -0.39 is 0 Å². The number of nitrogens with zero attached hydrogens (tertiary/aromatic N) is 2. The van der Waals surface area contributed by atoms with Crippen molar-refractivity contribution in [2.75, 3.05) is 12.8 Å². The largest absolute Gasteiger partial charge is 0.310 e. The molecular formula is C11H21N3OS. The lowest BCUT2D eigenvalue weighted by molar-refractivity contribution is 0.300. The average molecular weight is 243 g/mol. The highest BCUT2D eigenvalue weighted by molar-refractivity contribution is 8.00. The van der Waals surface area contributed by atoms with Crippen molar-refractivity contribution in [2.24, 2.45) is 0 Å². The Balaban J connectivity index is 2.42. The van der Waals surface area contributed by atoms with Crippen molar-refractivity contribution >= 4 is 11.8 Å². The van der Waals surface area contributed by atoms with E-state index in [0.717, 1.165) is 24.5 Å². The molecule has 0 atom stereocenters. The molecule has 1 aromatic rings. The number of aromatic nitrogens is 2. The topological polar surface area (TPSA) is 51.0 Å². The quantitative estimate of drug-likeness (QED) is 0.797. The smallest absolute Gasteiger partial charge is 0.121 e. The van der Waals surface area contributed by atoms with Gasteiger partial charge < -0.3 is 5.32 Å². The third-order valence-electron chi connectivity index (χ3n) is 3.21. The molecule has 5 heteroatoms. The first-order valence-electron chi connectivity index (χ1n) is 5.71. The number of nitrogens with one attached hydrogen (secondary N) is 1. The Bertz CT molecular complexity index is 302. The Kier molecular flexibility index (Phi) is 5.28. The van der Waals surface area contributed by atoms with Gasteiger partial charge >= 0.3 is 0 Å². The van der Waals surface area contributed by atoms with E-state index >= 15 is 0 Å². The summed E-state index contributed by atoms with van der Waals surface area (Å²) in [6, 6.07) is 0. The number of rotatable bonds is 7. The van der Waals surface area contributed by atoms with E-state index in [-0.39, 0.29) is 0 Å². The standard InChI is InChI=1S/C11H21N3OS/c1-5-11(6-2,16-4)8-12-7-10-9(3)13-15-14-10/h12H,5-8H2,1-4H3. The Hall–Kier alpha value is -0.550. The molecule has 0 fully saturated rings. The predicted octanol–water partition coefficient (Wildman–Crippen LogP) is 2.39. The highest BCUT2D eigenvalue weighted by Crippen LogP contribution is 2.29. The number of hydrogen-bond donors (Lipinski definition) is 1. The van der Waals surface area contributed by atoms with Crippen LogP contribution in [0.1, 0.15) is 38.1 Å². The molecule has 16 heavy (non-hydrogen) atoms. The summed E-state index contributed by atoms with van der Waals surface area (Å²) in [5.41, 5.74) is 1.78. The maximum Gasteiger partial charge on any atom is 0.121 e. The van der Waals surface area contributed by atoms with Gasteiger partial charge in [0.15, 0.2) is 0 Å². The first-order chi connectivity index (χ1) is 7.67. The van der Waals surface area contributed by atoms with Gasteiger partial charge in [-0.05, 0) is 26.0 Å². The molecule has 1 rings (SSSR count). The molecule has 0 aliphatic rings. The zero-order valence-corrected chi connectivity index (χ0v) is 11.4. The van der Waals surface area contributed by atoms with Gasteiger partial charge in [0, 0.05) is 17.8 Å². The molecule has 4 nitrogen and oxygen atoms in total. The van der Waals surface area contributed by atoms with Crippen LogP contribution in [-0.2, 0) is 6.54 Å². The summed E-state index contributed by atoms with van der Waals surface area (Å²) >= 11 is 1.94. The van der Waals surface area contributed by atoms with Crippen molar-refractivity contribution in [3.8, 4) is 0 Å². The van der Waals surface area contributed by atoms with Crippen LogP contribution in [-0.4, -0.2) is 27.9 Å². The Morgan fingerprint density at radius 3 is 2.44 bits per heavy atom. The molecule has 0 saturated carbocycles. The SMILES string of the molecule is CCC(CC)(CNCc1nonc1C)SC. The molecule has 1 heterocycles. The molecule has 0 saturated heterocycles. The van der Waals surface area contributed by atoms with Gasteiger partial charge in [0.25, 0.3) is 0 Å². The average Bonchev–Trinajstić information content (AvgIpc) is 2.71. The lowest BCUT2D eigenvalue weighted by atomic mass is 10.0. The van der Waals surface area contributed by atoms with Gasteiger partial charge in [-0.2, -0.15) is 11.8 Å². The molecule has 0 aliphatic carbocycles.